The number of benzene rings is 2. The Balaban J connectivity index is 1.32. The SMILES string of the molecule is CC1CCN(Cc2ccc(CNC(=O)c3n[nH]c4ccccc34)cc2)CC1. The molecule has 1 aliphatic heterocycles. The summed E-state index contributed by atoms with van der Waals surface area (Å²) in [5.74, 6) is 0.706. The smallest absolute Gasteiger partial charge is 0.272 e. The number of hydrogen-bond acceptors (Lipinski definition) is 3. The number of para-hydroxylation sites is 1. The average Bonchev–Trinajstić information content (AvgIpc) is 3.13. The molecule has 140 valence electrons. The van der Waals surface area contributed by atoms with Crippen LogP contribution in [0.3, 0.4) is 0 Å². The standard InChI is InChI=1S/C22H26N4O/c1-16-10-12-26(13-11-16)15-18-8-6-17(7-9-18)14-23-22(27)21-19-4-2-3-5-20(19)24-25-21/h2-9,16H,10-15H2,1H3,(H,23,27)(H,24,25). The van der Waals surface area contributed by atoms with E-state index in [1.807, 2.05) is 24.3 Å². The third-order valence-corrected chi connectivity index (χ3v) is 5.44. The first-order chi connectivity index (χ1) is 13.2. The van der Waals surface area contributed by atoms with Crippen LogP contribution in [0.4, 0.5) is 0 Å². The van der Waals surface area contributed by atoms with Gasteiger partial charge in [-0.05, 0) is 49.0 Å². The maximum Gasteiger partial charge on any atom is 0.272 e. The van der Waals surface area contributed by atoms with Crippen molar-refractivity contribution in [2.45, 2.75) is 32.9 Å². The van der Waals surface area contributed by atoms with E-state index in [0.717, 1.165) is 28.9 Å². The van der Waals surface area contributed by atoms with Crippen LogP contribution in [0, 0.1) is 5.92 Å². The first kappa shape index (κ1) is 17.7. The van der Waals surface area contributed by atoms with E-state index in [9.17, 15) is 4.79 Å². The maximum atomic E-state index is 12.4. The molecular weight excluding hydrogens is 336 g/mol. The number of aromatic nitrogens is 2. The van der Waals surface area contributed by atoms with E-state index < -0.39 is 0 Å². The fraction of sp³-hybridized carbons (Fsp3) is 0.364. The molecule has 0 saturated carbocycles. The lowest BCUT2D eigenvalue weighted by molar-refractivity contribution is 0.0947. The summed E-state index contributed by atoms with van der Waals surface area (Å²) in [4.78, 5) is 15.0. The highest BCUT2D eigenvalue weighted by Gasteiger charge is 2.16. The first-order valence-corrected chi connectivity index (χ1v) is 9.70. The molecule has 3 aromatic rings. The highest BCUT2D eigenvalue weighted by Crippen LogP contribution is 2.18. The molecule has 0 aliphatic carbocycles. The Labute approximate surface area is 159 Å². The van der Waals surface area contributed by atoms with E-state index in [0.29, 0.717) is 12.2 Å². The molecule has 1 aliphatic rings. The van der Waals surface area contributed by atoms with Gasteiger partial charge in [0.2, 0.25) is 0 Å². The summed E-state index contributed by atoms with van der Waals surface area (Å²) in [5, 5.41) is 10.9. The number of hydrogen-bond donors (Lipinski definition) is 2. The second-order valence-electron chi connectivity index (χ2n) is 7.58. The Hall–Kier alpha value is -2.66. The third kappa shape index (κ3) is 4.19. The van der Waals surface area contributed by atoms with Crippen LogP contribution >= 0.6 is 0 Å². The van der Waals surface area contributed by atoms with Crippen molar-refractivity contribution in [2.75, 3.05) is 13.1 Å². The fourth-order valence-corrected chi connectivity index (χ4v) is 3.64. The molecule has 1 amide bonds. The molecule has 0 bridgehead atoms. The van der Waals surface area contributed by atoms with E-state index in [1.54, 1.807) is 0 Å². The van der Waals surface area contributed by atoms with Gasteiger partial charge in [-0.15, -0.1) is 0 Å². The van der Waals surface area contributed by atoms with Crippen molar-refractivity contribution in [3.8, 4) is 0 Å². The van der Waals surface area contributed by atoms with Crippen LogP contribution < -0.4 is 5.32 Å². The Morgan fingerprint density at radius 3 is 2.59 bits per heavy atom. The summed E-state index contributed by atoms with van der Waals surface area (Å²) in [7, 11) is 0. The number of likely N-dealkylation sites (tertiary alicyclic amines) is 1. The van der Waals surface area contributed by atoms with E-state index in [4.69, 9.17) is 0 Å². The Bertz CT molecular complexity index is 907. The van der Waals surface area contributed by atoms with Crippen LogP contribution in [0.1, 0.15) is 41.4 Å². The second kappa shape index (κ2) is 7.92. The number of nitrogens with one attached hydrogen (secondary N) is 2. The number of nitrogens with zero attached hydrogens (tertiary/aromatic N) is 2. The molecule has 0 unspecified atom stereocenters. The highest BCUT2D eigenvalue weighted by atomic mass is 16.1. The minimum absolute atomic E-state index is 0.154. The van der Waals surface area contributed by atoms with Gasteiger partial charge >= 0.3 is 0 Å². The largest absolute Gasteiger partial charge is 0.347 e. The first-order valence-electron chi connectivity index (χ1n) is 9.70. The molecule has 27 heavy (non-hydrogen) atoms. The summed E-state index contributed by atoms with van der Waals surface area (Å²) < 4.78 is 0. The third-order valence-electron chi connectivity index (χ3n) is 5.44. The molecule has 2 heterocycles. The predicted molar refractivity (Wildman–Crippen MR) is 107 cm³/mol. The van der Waals surface area contributed by atoms with Gasteiger partial charge in [0.25, 0.3) is 5.91 Å². The topological polar surface area (TPSA) is 61.0 Å². The molecule has 2 N–H and O–H groups in total. The molecule has 0 spiro atoms. The van der Waals surface area contributed by atoms with Crippen LogP contribution in [0.15, 0.2) is 48.5 Å². The quantitative estimate of drug-likeness (QED) is 0.727. The zero-order valence-electron chi connectivity index (χ0n) is 15.7. The van der Waals surface area contributed by atoms with Crippen molar-refractivity contribution in [3.63, 3.8) is 0 Å². The molecule has 1 fully saturated rings. The van der Waals surface area contributed by atoms with Crippen molar-refractivity contribution in [3.05, 3.63) is 65.4 Å². The van der Waals surface area contributed by atoms with E-state index in [2.05, 4.69) is 51.6 Å². The monoisotopic (exact) mass is 362 g/mol. The average molecular weight is 362 g/mol. The lowest BCUT2D eigenvalue weighted by Crippen LogP contribution is -2.32. The van der Waals surface area contributed by atoms with Gasteiger partial charge in [-0.2, -0.15) is 5.10 Å². The summed E-state index contributed by atoms with van der Waals surface area (Å²) in [5.41, 5.74) is 3.75. The number of amides is 1. The highest BCUT2D eigenvalue weighted by molar-refractivity contribution is 6.04. The molecule has 1 saturated heterocycles. The van der Waals surface area contributed by atoms with Gasteiger partial charge < -0.3 is 5.32 Å². The fourth-order valence-electron chi connectivity index (χ4n) is 3.64. The molecule has 0 radical (unpaired) electrons. The van der Waals surface area contributed by atoms with Gasteiger partial charge in [0.05, 0.1) is 5.52 Å². The normalized spacial score (nSPS) is 15.9. The van der Waals surface area contributed by atoms with Gasteiger partial charge in [-0.1, -0.05) is 49.4 Å². The molecular formula is C22H26N4O. The van der Waals surface area contributed by atoms with Crippen LogP contribution in [0.2, 0.25) is 0 Å². The number of H-pyrrole nitrogens is 1. The zero-order valence-corrected chi connectivity index (χ0v) is 15.7. The summed E-state index contributed by atoms with van der Waals surface area (Å²) in [6.07, 6.45) is 2.60. The zero-order chi connectivity index (χ0) is 18.6. The van der Waals surface area contributed by atoms with Crippen LogP contribution in [0.5, 0.6) is 0 Å². The molecule has 5 nitrogen and oxygen atoms in total. The number of piperidine rings is 1. The van der Waals surface area contributed by atoms with Crippen LogP contribution in [-0.4, -0.2) is 34.1 Å². The van der Waals surface area contributed by atoms with Crippen molar-refractivity contribution in [1.82, 2.24) is 20.4 Å². The number of fused-ring (bicyclic) bond motifs is 1. The Kier molecular flexibility index (Phi) is 5.21. The van der Waals surface area contributed by atoms with Crippen molar-refractivity contribution in [2.24, 2.45) is 5.92 Å². The molecule has 4 rings (SSSR count). The maximum absolute atomic E-state index is 12.4. The van der Waals surface area contributed by atoms with Crippen LogP contribution in [0.25, 0.3) is 10.9 Å². The molecule has 5 heteroatoms. The number of aromatic amines is 1. The summed E-state index contributed by atoms with van der Waals surface area (Å²) >= 11 is 0. The van der Waals surface area contributed by atoms with Gasteiger partial charge in [0.15, 0.2) is 5.69 Å². The Morgan fingerprint density at radius 1 is 1.11 bits per heavy atom. The van der Waals surface area contributed by atoms with Crippen molar-refractivity contribution < 1.29 is 4.79 Å². The van der Waals surface area contributed by atoms with Crippen LogP contribution in [-0.2, 0) is 13.1 Å². The van der Waals surface area contributed by atoms with E-state index in [-0.39, 0.29) is 5.91 Å². The second-order valence-corrected chi connectivity index (χ2v) is 7.58. The van der Waals surface area contributed by atoms with Gasteiger partial charge in [0.1, 0.15) is 0 Å². The van der Waals surface area contributed by atoms with E-state index >= 15 is 0 Å². The molecule has 0 atom stereocenters. The predicted octanol–water partition coefficient (Wildman–Crippen LogP) is 3.72. The van der Waals surface area contributed by atoms with E-state index in [1.165, 1.54) is 31.5 Å². The van der Waals surface area contributed by atoms with Gasteiger partial charge in [-0.25, -0.2) is 0 Å². The van der Waals surface area contributed by atoms with Crippen molar-refractivity contribution >= 4 is 16.8 Å². The van der Waals surface area contributed by atoms with Crippen molar-refractivity contribution in [1.29, 1.82) is 0 Å². The number of rotatable bonds is 5. The molecule has 2 aromatic carbocycles. The lowest BCUT2D eigenvalue weighted by Gasteiger charge is -2.30. The summed E-state index contributed by atoms with van der Waals surface area (Å²) in [6, 6.07) is 16.2. The number of carbonyl (C=O) groups is 1. The summed E-state index contributed by atoms with van der Waals surface area (Å²) in [6.45, 7) is 6.24. The molecule has 1 aromatic heterocycles. The minimum atomic E-state index is -0.154. The lowest BCUT2D eigenvalue weighted by atomic mass is 9.99. The Morgan fingerprint density at radius 2 is 1.81 bits per heavy atom. The van der Waals surface area contributed by atoms with Gasteiger partial charge in [0, 0.05) is 18.5 Å². The number of carbonyl (C=O) groups excluding carboxylic acids is 1. The van der Waals surface area contributed by atoms with Gasteiger partial charge in [-0.3, -0.25) is 14.8 Å². The minimum Gasteiger partial charge on any atom is -0.347 e.